The Balaban J connectivity index is 1.67. The fourth-order valence-electron chi connectivity index (χ4n) is 3.09. The molecule has 6 heteroatoms. The lowest BCUT2D eigenvalue weighted by molar-refractivity contribution is -0.141. The normalized spacial score (nSPS) is 19.8. The topological polar surface area (TPSA) is 57.6 Å². The Morgan fingerprint density at radius 2 is 1.76 bits per heavy atom. The van der Waals surface area contributed by atoms with Crippen LogP contribution in [-0.4, -0.2) is 40.7 Å². The van der Waals surface area contributed by atoms with Gasteiger partial charge in [0, 0.05) is 23.9 Å². The highest BCUT2D eigenvalue weighted by molar-refractivity contribution is 8.00. The van der Waals surface area contributed by atoms with E-state index in [2.05, 4.69) is 0 Å². The lowest BCUT2D eigenvalue weighted by Crippen LogP contribution is -2.31. The minimum atomic E-state index is -0.858. The zero-order valence-electron chi connectivity index (χ0n) is 13.5. The maximum absolute atomic E-state index is 12.5. The number of carboxylic acids is 1. The number of rotatable bonds is 5. The maximum atomic E-state index is 12.5. The van der Waals surface area contributed by atoms with E-state index in [-0.39, 0.29) is 24.1 Å². The van der Waals surface area contributed by atoms with E-state index in [0.29, 0.717) is 11.6 Å². The molecule has 0 aromatic heterocycles. The highest BCUT2D eigenvalue weighted by Gasteiger charge is 2.40. The molecule has 1 aliphatic rings. The monoisotopic (exact) mass is 375 g/mol. The maximum Gasteiger partial charge on any atom is 0.308 e. The molecule has 0 aliphatic carbocycles. The summed E-state index contributed by atoms with van der Waals surface area (Å²) in [5.41, 5.74) is 0.962. The van der Waals surface area contributed by atoms with Crippen molar-refractivity contribution >= 4 is 35.2 Å². The number of amides is 1. The largest absolute Gasteiger partial charge is 0.481 e. The van der Waals surface area contributed by atoms with Gasteiger partial charge in [-0.3, -0.25) is 9.59 Å². The Morgan fingerprint density at radius 1 is 1.08 bits per heavy atom. The minimum Gasteiger partial charge on any atom is -0.481 e. The van der Waals surface area contributed by atoms with E-state index in [4.69, 9.17) is 11.6 Å². The molecule has 1 amide bonds. The van der Waals surface area contributed by atoms with E-state index >= 15 is 0 Å². The minimum absolute atomic E-state index is 0.0606. The summed E-state index contributed by atoms with van der Waals surface area (Å²) < 4.78 is 0. The second-order valence-electron chi connectivity index (χ2n) is 5.98. The van der Waals surface area contributed by atoms with Crippen molar-refractivity contribution in [2.75, 3.05) is 18.8 Å². The Morgan fingerprint density at radius 3 is 2.44 bits per heavy atom. The Hall–Kier alpha value is -1.98. The molecule has 0 spiro atoms. The number of carbonyl (C=O) groups is 2. The third kappa shape index (κ3) is 4.17. The molecular weight excluding hydrogens is 358 g/mol. The SMILES string of the molecule is O=C(O)[C@@H]1CN(C(=O)CSc2ccccc2Cl)C[C@@H]1c1ccccc1. The third-order valence-electron chi connectivity index (χ3n) is 4.41. The molecule has 130 valence electrons. The van der Waals surface area contributed by atoms with Crippen molar-refractivity contribution in [3.8, 4) is 0 Å². The molecule has 0 saturated carbocycles. The van der Waals surface area contributed by atoms with Crippen LogP contribution in [0.3, 0.4) is 0 Å². The van der Waals surface area contributed by atoms with E-state index in [1.165, 1.54) is 11.8 Å². The molecule has 1 saturated heterocycles. The second kappa shape index (κ2) is 7.93. The summed E-state index contributed by atoms with van der Waals surface area (Å²) in [6.07, 6.45) is 0. The predicted molar refractivity (Wildman–Crippen MR) is 99.1 cm³/mol. The Bertz CT molecular complexity index is 768. The van der Waals surface area contributed by atoms with Crippen LogP contribution in [0.5, 0.6) is 0 Å². The fraction of sp³-hybridized carbons (Fsp3) is 0.263. The molecule has 2 atom stereocenters. The third-order valence-corrected chi connectivity index (χ3v) is 5.91. The van der Waals surface area contributed by atoms with E-state index < -0.39 is 11.9 Å². The van der Waals surface area contributed by atoms with Crippen LogP contribution in [0.1, 0.15) is 11.5 Å². The van der Waals surface area contributed by atoms with Gasteiger partial charge in [0.05, 0.1) is 16.7 Å². The lowest BCUT2D eigenvalue weighted by atomic mass is 9.89. The van der Waals surface area contributed by atoms with Crippen LogP contribution in [0.25, 0.3) is 0 Å². The summed E-state index contributed by atoms with van der Waals surface area (Å²) >= 11 is 7.49. The van der Waals surface area contributed by atoms with Crippen molar-refractivity contribution in [2.24, 2.45) is 5.92 Å². The standard InChI is InChI=1S/C19H18ClNO3S/c20-16-8-4-5-9-17(16)25-12-18(22)21-10-14(15(11-21)19(23)24)13-6-2-1-3-7-13/h1-9,14-15H,10-12H2,(H,23,24)/t14-,15-/m1/s1. The summed E-state index contributed by atoms with van der Waals surface area (Å²) in [6, 6.07) is 16.9. The molecule has 1 heterocycles. The molecule has 1 aliphatic heterocycles. The Labute approximate surface area is 155 Å². The summed E-state index contributed by atoms with van der Waals surface area (Å²) in [5, 5.41) is 10.1. The van der Waals surface area contributed by atoms with Crippen molar-refractivity contribution in [2.45, 2.75) is 10.8 Å². The summed E-state index contributed by atoms with van der Waals surface area (Å²) in [4.78, 5) is 26.7. The first-order valence-corrected chi connectivity index (χ1v) is 9.35. The molecule has 1 N–H and O–H groups in total. The van der Waals surface area contributed by atoms with E-state index in [1.807, 2.05) is 48.5 Å². The van der Waals surface area contributed by atoms with Gasteiger partial charge in [0.15, 0.2) is 0 Å². The van der Waals surface area contributed by atoms with Crippen molar-refractivity contribution in [3.05, 3.63) is 65.2 Å². The van der Waals surface area contributed by atoms with Crippen molar-refractivity contribution in [1.82, 2.24) is 4.90 Å². The van der Waals surface area contributed by atoms with Crippen molar-refractivity contribution in [3.63, 3.8) is 0 Å². The molecule has 2 aromatic rings. The first-order chi connectivity index (χ1) is 12.1. The number of benzene rings is 2. The second-order valence-corrected chi connectivity index (χ2v) is 7.40. The average Bonchev–Trinajstić information content (AvgIpc) is 3.07. The molecule has 0 radical (unpaired) electrons. The lowest BCUT2D eigenvalue weighted by Gasteiger charge is -2.16. The van der Waals surface area contributed by atoms with Crippen molar-refractivity contribution in [1.29, 1.82) is 0 Å². The zero-order valence-corrected chi connectivity index (χ0v) is 15.0. The number of carbonyl (C=O) groups excluding carboxylic acids is 1. The van der Waals surface area contributed by atoms with Crippen molar-refractivity contribution < 1.29 is 14.7 Å². The van der Waals surface area contributed by atoms with Gasteiger partial charge >= 0.3 is 5.97 Å². The Kier molecular flexibility index (Phi) is 5.66. The van der Waals surface area contributed by atoms with Gasteiger partial charge in [0.2, 0.25) is 5.91 Å². The average molecular weight is 376 g/mol. The smallest absolute Gasteiger partial charge is 0.308 e. The van der Waals surface area contributed by atoms with Gasteiger partial charge in [-0.25, -0.2) is 0 Å². The molecule has 3 rings (SSSR count). The molecule has 1 fully saturated rings. The number of hydrogen-bond donors (Lipinski definition) is 1. The van der Waals surface area contributed by atoms with Crippen LogP contribution in [0.4, 0.5) is 0 Å². The van der Waals surface area contributed by atoms with Crippen LogP contribution in [0.15, 0.2) is 59.5 Å². The highest BCUT2D eigenvalue weighted by atomic mass is 35.5. The number of thioether (sulfide) groups is 1. The zero-order chi connectivity index (χ0) is 17.8. The number of hydrogen-bond acceptors (Lipinski definition) is 3. The summed E-state index contributed by atoms with van der Waals surface area (Å²) in [5.74, 6) is -1.42. The van der Waals surface area contributed by atoms with E-state index in [0.717, 1.165) is 10.5 Å². The van der Waals surface area contributed by atoms with Crippen LogP contribution in [0.2, 0.25) is 5.02 Å². The quantitative estimate of drug-likeness (QED) is 0.808. The molecule has 2 aromatic carbocycles. The first kappa shape index (κ1) is 17.8. The molecule has 25 heavy (non-hydrogen) atoms. The summed E-state index contributed by atoms with van der Waals surface area (Å²) in [6.45, 7) is 0.680. The predicted octanol–water partition coefficient (Wildman–Crippen LogP) is 3.76. The highest BCUT2D eigenvalue weighted by Crippen LogP contribution is 2.34. The van der Waals surface area contributed by atoms with Gasteiger partial charge in [-0.15, -0.1) is 11.8 Å². The van der Waals surface area contributed by atoms with Crippen LogP contribution < -0.4 is 0 Å². The number of halogens is 1. The fourth-order valence-corrected chi connectivity index (χ4v) is 4.23. The van der Waals surface area contributed by atoms with Gasteiger partial charge in [-0.2, -0.15) is 0 Å². The van der Waals surface area contributed by atoms with E-state index in [9.17, 15) is 14.7 Å². The van der Waals surface area contributed by atoms with Gasteiger partial charge < -0.3 is 10.0 Å². The first-order valence-electron chi connectivity index (χ1n) is 7.99. The van der Waals surface area contributed by atoms with Gasteiger partial charge in [-0.05, 0) is 17.7 Å². The van der Waals surface area contributed by atoms with Crippen LogP contribution in [-0.2, 0) is 9.59 Å². The van der Waals surface area contributed by atoms with Crippen LogP contribution in [0, 0.1) is 5.92 Å². The molecule has 0 unspecified atom stereocenters. The number of carboxylic acid groups (broad SMARTS) is 1. The molecule has 4 nitrogen and oxygen atoms in total. The molecular formula is C19H18ClNO3S. The number of nitrogens with zero attached hydrogens (tertiary/aromatic N) is 1. The van der Waals surface area contributed by atoms with Gasteiger partial charge in [0.25, 0.3) is 0 Å². The number of likely N-dealkylation sites (tertiary alicyclic amines) is 1. The summed E-state index contributed by atoms with van der Waals surface area (Å²) in [7, 11) is 0. The van der Waals surface area contributed by atoms with Crippen LogP contribution >= 0.6 is 23.4 Å². The number of aliphatic carboxylic acids is 1. The molecule has 0 bridgehead atoms. The van der Waals surface area contributed by atoms with Gasteiger partial charge in [-0.1, -0.05) is 54.1 Å². The van der Waals surface area contributed by atoms with Gasteiger partial charge in [0.1, 0.15) is 0 Å². The van der Waals surface area contributed by atoms with E-state index in [1.54, 1.807) is 11.0 Å².